The first-order valence-corrected chi connectivity index (χ1v) is 5.99. The van der Waals surface area contributed by atoms with Gasteiger partial charge in [-0.05, 0) is 32.6 Å². The fourth-order valence-electron chi connectivity index (χ4n) is 1.63. The van der Waals surface area contributed by atoms with Crippen LogP contribution in [0.2, 0.25) is 0 Å². The maximum atomic E-state index is 11.5. The zero-order valence-corrected chi connectivity index (χ0v) is 10.5. The van der Waals surface area contributed by atoms with E-state index >= 15 is 0 Å². The lowest BCUT2D eigenvalue weighted by Gasteiger charge is -2.19. The normalized spacial score (nSPS) is 20.2. The van der Waals surface area contributed by atoms with Gasteiger partial charge in [0, 0.05) is 26.2 Å². The van der Waals surface area contributed by atoms with Crippen molar-refractivity contribution in [2.45, 2.75) is 33.1 Å². The summed E-state index contributed by atoms with van der Waals surface area (Å²) in [6.45, 7) is 4.90. The van der Waals surface area contributed by atoms with Crippen LogP contribution in [0.15, 0.2) is 0 Å². The number of carboxylic acids is 1. The fourth-order valence-corrected chi connectivity index (χ4v) is 1.63. The molecule has 0 aromatic heterocycles. The Morgan fingerprint density at radius 3 is 2.71 bits per heavy atom. The van der Waals surface area contributed by atoms with Crippen LogP contribution in [0.4, 0.5) is 0 Å². The molecule has 1 fully saturated rings. The van der Waals surface area contributed by atoms with E-state index in [0.29, 0.717) is 12.3 Å². The molecule has 5 nitrogen and oxygen atoms in total. The van der Waals surface area contributed by atoms with Crippen molar-refractivity contribution in [1.29, 1.82) is 0 Å². The number of carboxylic acid groups (broad SMARTS) is 1. The highest BCUT2D eigenvalue weighted by atomic mass is 16.5. The van der Waals surface area contributed by atoms with Crippen LogP contribution in [0.1, 0.15) is 33.1 Å². The average Bonchev–Trinajstić information content (AvgIpc) is 2.76. The summed E-state index contributed by atoms with van der Waals surface area (Å²) < 4.78 is 5.23. The lowest BCUT2D eigenvalue weighted by Crippen LogP contribution is -2.38. The van der Waals surface area contributed by atoms with Gasteiger partial charge < -0.3 is 15.2 Å². The third kappa shape index (κ3) is 4.73. The molecule has 0 aromatic carbocycles. The van der Waals surface area contributed by atoms with Crippen molar-refractivity contribution in [2.24, 2.45) is 11.3 Å². The van der Waals surface area contributed by atoms with Crippen LogP contribution in [0, 0.1) is 11.3 Å². The Bertz CT molecular complexity index is 282. The predicted molar refractivity (Wildman–Crippen MR) is 62.6 cm³/mol. The van der Waals surface area contributed by atoms with E-state index in [-0.39, 0.29) is 12.5 Å². The largest absolute Gasteiger partial charge is 0.481 e. The molecular weight excluding hydrogens is 222 g/mol. The number of rotatable bonds is 6. The number of ether oxygens (including phenoxy) is 1. The summed E-state index contributed by atoms with van der Waals surface area (Å²) in [5, 5.41) is 11.6. The molecule has 1 aliphatic heterocycles. The summed E-state index contributed by atoms with van der Waals surface area (Å²) in [5.41, 5.74) is -0.911. The molecule has 17 heavy (non-hydrogen) atoms. The Labute approximate surface area is 102 Å². The van der Waals surface area contributed by atoms with Gasteiger partial charge in [-0.2, -0.15) is 0 Å². The van der Waals surface area contributed by atoms with E-state index in [9.17, 15) is 9.59 Å². The summed E-state index contributed by atoms with van der Waals surface area (Å²) in [6.07, 6.45) is 2.29. The SMILES string of the molecule is CC(C)(CNC(=O)CCC1CCOC1)C(=O)O. The molecule has 0 spiro atoms. The molecule has 1 heterocycles. The van der Waals surface area contributed by atoms with Gasteiger partial charge >= 0.3 is 5.97 Å². The van der Waals surface area contributed by atoms with Crippen molar-refractivity contribution in [2.75, 3.05) is 19.8 Å². The Hall–Kier alpha value is -1.10. The monoisotopic (exact) mass is 243 g/mol. The van der Waals surface area contributed by atoms with Crippen molar-refractivity contribution in [3.63, 3.8) is 0 Å². The molecule has 5 heteroatoms. The Kier molecular flexibility index (Phi) is 4.93. The Balaban J connectivity index is 2.18. The molecule has 1 saturated heterocycles. The van der Waals surface area contributed by atoms with Gasteiger partial charge in [-0.25, -0.2) is 0 Å². The van der Waals surface area contributed by atoms with E-state index in [1.54, 1.807) is 13.8 Å². The molecule has 1 unspecified atom stereocenters. The molecule has 1 amide bonds. The van der Waals surface area contributed by atoms with E-state index in [2.05, 4.69) is 5.32 Å². The van der Waals surface area contributed by atoms with Crippen LogP contribution in [0.3, 0.4) is 0 Å². The van der Waals surface area contributed by atoms with E-state index < -0.39 is 11.4 Å². The molecule has 0 bridgehead atoms. The highest BCUT2D eigenvalue weighted by Gasteiger charge is 2.27. The lowest BCUT2D eigenvalue weighted by molar-refractivity contribution is -0.146. The van der Waals surface area contributed by atoms with Gasteiger partial charge in [-0.1, -0.05) is 0 Å². The summed E-state index contributed by atoms with van der Waals surface area (Å²) in [4.78, 5) is 22.4. The van der Waals surface area contributed by atoms with E-state index in [4.69, 9.17) is 9.84 Å². The number of carbonyl (C=O) groups is 2. The first-order valence-electron chi connectivity index (χ1n) is 5.99. The standard InChI is InChI=1S/C12H21NO4/c1-12(2,11(15)16)8-13-10(14)4-3-9-5-6-17-7-9/h9H,3-8H2,1-2H3,(H,13,14)(H,15,16). The molecule has 0 aromatic rings. The number of aliphatic carboxylic acids is 1. The van der Waals surface area contributed by atoms with Gasteiger partial charge in [0.15, 0.2) is 0 Å². The number of amides is 1. The van der Waals surface area contributed by atoms with Crippen molar-refractivity contribution in [1.82, 2.24) is 5.32 Å². The smallest absolute Gasteiger partial charge is 0.310 e. The topological polar surface area (TPSA) is 75.6 Å². The highest BCUT2D eigenvalue weighted by Crippen LogP contribution is 2.18. The molecule has 98 valence electrons. The summed E-state index contributed by atoms with van der Waals surface area (Å²) in [7, 11) is 0. The van der Waals surface area contributed by atoms with Gasteiger partial charge in [0.05, 0.1) is 5.41 Å². The third-order valence-corrected chi connectivity index (χ3v) is 3.11. The highest BCUT2D eigenvalue weighted by molar-refractivity contribution is 5.78. The molecule has 0 aliphatic carbocycles. The molecule has 0 saturated carbocycles. The van der Waals surface area contributed by atoms with E-state index in [1.807, 2.05) is 0 Å². The number of hydrogen-bond acceptors (Lipinski definition) is 3. The average molecular weight is 243 g/mol. The second kappa shape index (κ2) is 6.00. The van der Waals surface area contributed by atoms with Crippen LogP contribution in [-0.2, 0) is 14.3 Å². The summed E-state index contributed by atoms with van der Waals surface area (Å²) in [6, 6.07) is 0. The van der Waals surface area contributed by atoms with Crippen molar-refractivity contribution in [3.05, 3.63) is 0 Å². The zero-order chi connectivity index (χ0) is 12.9. The first-order chi connectivity index (χ1) is 7.92. The van der Waals surface area contributed by atoms with Gasteiger partial charge in [0.25, 0.3) is 0 Å². The third-order valence-electron chi connectivity index (χ3n) is 3.11. The van der Waals surface area contributed by atoms with Crippen molar-refractivity contribution in [3.8, 4) is 0 Å². The Morgan fingerprint density at radius 1 is 1.47 bits per heavy atom. The minimum atomic E-state index is -0.911. The first kappa shape index (κ1) is 14.0. The predicted octanol–water partition coefficient (Wildman–Crippen LogP) is 1.03. The molecular formula is C12H21NO4. The van der Waals surface area contributed by atoms with Crippen molar-refractivity contribution < 1.29 is 19.4 Å². The zero-order valence-electron chi connectivity index (χ0n) is 10.5. The van der Waals surface area contributed by atoms with E-state index in [0.717, 1.165) is 26.1 Å². The summed E-state index contributed by atoms with van der Waals surface area (Å²) in [5.74, 6) is -0.499. The molecule has 1 atom stereocenters. The van der Waals surface area contributed by atoms with Crippen LogP contribution in [0.25, 0.3) is 0 Å². The number of hydrogen-bond donors (Lipinski definition) is 2. The fraction of sp³-hybridized carbons (Fsp3) is 0.833. The molecule has 1 rings (SSSR count). The lowest BCUT2D eigenvalue weighted by atomic mass is 9.94. The quantitative estimate of drug-likeness (QED) is 0.730. The minimum absolute atomic E-state index is 0.0776. The molecule has 0 radical (unpaired) electrons. The van der Waals surface area contributed by atoms with Crippen LogP contribution in [-0.4, -0.2) is 36.7 Å². The number of carbonyl (C=O) groups excluding carboxylic acids is 1. The molecule has 1 aliphatic rings. The van der Waals surface area contributed by atoms with Gasteiger partial charge in [0.1, 0.15) is 0 Å². The van der Waals surface area contributed by atoms with Crippen LogP contribution < -0.4 is 5.32 Å². The van der Waals surface area contributed by atoms with E-state index in [1.165, 1.54) is 0 Å². The van der Waals surface area contributed by atoms with Gasteiger partial charge in [-0.3, -0.25) is 9.59 Å². The maximum absolute atomic E-state index is 11.5. The van der Waals surface area contributed by atoms with Crippen LogP contribution in [0.5, 0.6) is 0 Å². The van der Waals surface area contributed by atoms with Gasteiger partial charge in [-0.15, -0.1) is 0 Å². The summed E-state index contributed by atoms with van der Waals surface area (Å²) >= 11 is 0. The number of nitrogens with one attached hydrogen (secondary N) is 1. The maximum Gasteiger partial charge on any atom is 0.310 e. The minimum Gasteiger partial charge on any atom is -0.481 e. The van der Waals surface area contributed by atoms with Gasteiger partial charge in [0.2, 0.25) is 5.91 Å². The second-order valence-corrected chi connectivity index (χ2v) is 5.23. The molecule has 2 N–H and O–H groups in total. The van der Waals surface area contributed by atoms with Crippen LogP contribution >= 0.6 is 0 Å². The second-order valence-electron chi connectivity index (χ2n) is 5.23. The Morgan fingerprint density at radius 2 is 2.18 bits per heavy atom. The van der Waals surface area contributed by atoms with Crippen molar-refractivity contribution >= 4 is 11.9 Å².